The lowest BCUT2D eigenvalue weighted by atomic mass is 10.1. The molecule has 2 aromatic carbocycles. The monoisotopic (exact) mass is 302 g/mol. The number of nitrogens with one attached hydrogen (secondary N) is 2. The van der Waals surface area contributed by atoms with Crippen molar-refractivity contribution in [3.05, 3.63) is 65.5 Å². The normalized spacial score (nSPS) is 12.0. The van der Waals surface area contributed by atoms with Gasteiger partial charge in [0.05, 0.1) is 6.10 Å². The van der Waals surface area contributed by atoms with Crippen molar-refractivity contribution in [1.82, 2.24) is 5.32 Å². The Morgan fingerprint density at radius 3 is 2.59 bits per heavy atom. The van der Waals surface area contributed by atoms with Gasteiger partial charge in [-0.05, 0) is 17.7 Å². The van der Waals surface area contributed by atoms with Gasteiger partial charge in [0.1, 0.15) is 5.82 Å². The minimum absolute atomic E-state index is 0.140. The molecular weight excluding hydrogens is 283 g/mol. The first-order valence-corrected chi connectivity index (χ1v) is 7.06. The fourth-order valence-electron chi connectivity index (χ4n) is 2.18. The molecule has 0 saturated carbocycles. The fourth-order valence-corrected chi connectivity index (χ4v) is 2.18. The molecule has 0 saturated heterocycles. The average molecular weight is 302 g/mol. The minimum atomic E-state index is -0.922. The van der Waals surface area contributed by atoms with Crippen molar-refractivity contribution in [2.24, 2.45) is 0 Å². The summed E-state index contributed by atoms with van der Waals surface area (Å²) in [4.78, 5) is 11.2. The van der Waals surface area contributed by atoms with Crippen molar-refractivity contribution in [1.29, 1.82) is 0 Å². The zero-order chi connectivity index (χ0) is 15.9. The van der Waals surface area contributed by atoms with Crippen LogP contribution in [0.4, 0.5) is 10.1 Å². The first kappa shape index (κ1) is 16.1. The molecule has 3 N–H and O–H groups in total. The Labute approximate surface area is 129 Å². The number of rotatable bonds is 6. The van der Waals surface area contributed by atoms with Crippen LogP contribution in [-0.4, -0.2) is 17.6 Å². The van der Waals surface area contributed by atoms with E-state index in [1.165, 1.54) is 13.0 Å². The molecule has 0 fully saturated rings. The standard InChI is InChI=1S/C17H19FN2O2/c1-12(21)20-16-9-5-2-6-13(16)10-19-11-17(22)14-7-3-4-8-15(14)18/h2-9,17,19,22H,10-11H2,1H3,(H,20,21)/t17-/m0/s1. The van der Waals surface area contributed by atoms with Crippen molar-refractivity contribution < 1.29 is 14.3 Å². The van der Waals surface area contributed by atoms with Gasteiger partial charge in [0.2, 0.25) is 5.91 Å². The number of aliphatic hydroxyl groups excluding tert-OH is 1. The van der Waals surface area contributed by atoms with Crippen LogP contribution in [0.25, 0.3) is 0 Å². The second-order valence-electron chi connectivity index (χ2n) is 5.01. The van der Waals surface area contributed by atoms with E-state index >= 15 is 0 Å². The Morgan fingerprint density at radius 1 is 1.18 bits per heavy atom. The second-order valence-corrected chi connectivity index (χ2v) is 5.01. The molecule has 0 aliphatic heterocycles. The highest BCUT2D eigenvalue weighted by molar-refractivity contribution is 5.89. The molecule has 2 aromatic rings. The number of amides is 1. The van der Waals surface area contributed by atoms with Crippen molar-refractivity contribution >= 4 is 11.6 Å². The first-order chi connectivity index (χ1) is 10.6. The van der Waals surface area contributed by atoms with Crippen molar-refractivity contribution in [3.63, 3.8) is 0 Å². The zero-order valence-corrected chi connectivity index (χ0v) is 12.3. The predicted octanol–water partition coefficient (Wildman–Crippen LogP) is 2.61. The van der Waals surface area contributed by atoms with Gasteiger partial charge in [0.25, 0.3) is 0 Å². The predicted molar refractivity (Wildman–Crippen MR) is 83.8 cm³/mol. The van der Waals surface area contributed by atoms with Gasteiger partial charge in [0, 0.05) is 31.3 Å². The third-order valence-electron chi connectivity index (χ3n) is 3.25. The maximum atomic E-state index is 13.6. The molecule has 116 valence electrons. The summed E-state index contributed by atoms with van der Waals surface area (Å²) in [5.41, 5.74) is 1.89. The third kappa shape index (κ3) is 4.38. The summed E-state index contributed by atoms with van der Waals surface area (Å²) in [6, 6.07) is 13.6. The number of halogens is 1. The number of aliphatic hydroxyl groups is 1. The van der Waals surface area contributed by atoms with Gasteiger partial charge in [0.15, 0.2) is 0 Å². The number of carbonyl (C=O) groups excluding carboxylic acids is 1. The van der Waals surface area contributed by atoms with Gasteiger partial charge in [-0.3, -0.25) is 4.79 Å². The summed E-state index contributed by atoms with van der Waals surface area (Å²) < 4.78 is 13.6. The lowest BCUT2D eigenvalue weighted by molar-refractivity contribution is -0.114. The smallest absolute Gasteiger partial charge is 0.221 e. The summed E-state index contributed by atoms with van der Waals surface area (Å²) >= 11 is 0. The van der Waals surface area contributed by atoms with Gasteiger partial charge in [-0.1, -0.05) is 36.4 Å². The molecule has 1 amide bonds. The summed E-state index contributed by atoms with van der Waals surface area (Å²) in [5.74, 6) is -0.561. The molecule has 0 spiro atoms. The van der Waals surface area contributed by atoms with Gasteiger partial charge in [-0.25, -0.2) is 4.39 Å². The lowest BCUT2D eigenvalue weighted by Gasteiger charge is -2.14. The lowest BCUT2D eigenvalue weighted by Crippen LogP contribution is -2.22. The number of hydrogen-bond donors (Lipinski definition) is 3. The van der Waals surface area contributed by atoms with Crippen LogP contribution in [0.1, 0.15) is 24.2 Å². The van der Waals surface area contributed by atoms with E-state index in [1.54, 1.807) is 18.2 Å². The first-order valence-electron chi connectivity index (χ1n) is 7.06. The highest BCUT2D eigenvalue weighted by Crippen LogP contribution is 2.17. The molecular formula is C17H19FN2O2. The molecule has 0 aliphatic rings. The fraction of sp³-hybridized carbons (Fsp3) is 0.235. The Balaban J connectivity index is 1.94. The van der Waals surface area contributed by atoms with Gasteiger partial charge < -0.3 is 15.7 Å². The van der Waals surface area contributed by atoms with Crippen LogP contribution in [0.5, 0.6) is 0 Å². The van der Waals surface area contributed by atoms with Gasteiger partial charge in [-0.2, -0.15) is 0 Å². The van der Waals surface area contributed by atoms with Crippen LogP contribution in [0.15, 0.2) is 48.5 Å². The molecule has 2 rings (SSSR count). The van der Waals surface area contributed by atoms with Gasteiger partial charge in [-0.15, -0.1) is 0 Å². The highest BCUT2D eigenvalue weighted by Gasteiger charge is 2.12. The van der Waals surface area contributed by atoms with E-state index in [9.17, 15) is 14.3 Å². The third-order valence-corrected chi connectivity index (χ3v) is 3.25. The summed E-state index contributed by atoms with van der Waals surface area (Å²) in [7, 11) is 0. The molecule has 4 nitrogen and oxygen atoms in total. The summed E-state index contributed by atoms with van der Waals surface area (Å²) in [6.07, 6.45) is -0.922. The Morgan fingerprint density at radius 2 is 1.86 bits per heavy atom. The minimum Gasteiger partial charge on any atom is -0.387 e. The van der Waals surface area contributed by atoms with Crippen molar-refractivity contribution in [2.45, 2.75) is 19.6 Å². The molecule has 0 radical (unpaired) electrons. The van der Waals surface area contributed by atoms with Crippen LogP contribution in [0, 0.1) is 5.82 Å². The Hall–Kier alpha value is -2.24. The maximum absolute atomic E-state index is 13.6. The van der Waals surface area contributed by atoms with E-state index in [1.807, 2.05) is 24.3 Å². The van der Waals surface area contributed by atoms with Crippen molar-refractivity contribution in [2.75, 3.05) is 11.9 Å². The van der Waals surface area contributed by atoms with Crippen molar-refractivity contribution in [3.8, 4) is 0 Å². The molecule has 0 bridgehead atoms. The molecule has 0 unspecified atom stereocenters. The van der Waals surface area contributed by atoms with E-state index in [0.717, 1.165) is 11.3 Å². The highest BCUT2D eigenvalue weighted by atomic mass is 19.1. The average Bonchev–Trinajstić information content (AvgIpc) is 2.49. The quantitative estimate of drug-likeness (QED) is 0.768. The topological polar surface area (TPSA) is 61.4 Å². The largest absolute Gasteiger partial charge is 0.387 e. The Kier molecular flexibility index (Phi) is 5.63. The molecule has 0 heterocycles. The van der Waals surface area contributed by atoms with E-state index in [-0.39, 0.29) is 18.0 Å². The molecule has 5 heteroatoms. The number of benzene rings is 2. The van der Waals surface area contributed by atoms with Crippen LogP contribution in [-0.2, 0) is 11.3 Å². The number of anilines is 1. The van der Waals surface area contributed by atoms with Gasteiger partial charge >= 0.3 is 0 Å². The van der Waals surface area contributed by atoms with E-state index in [2.05, 4.69) is 10.6 Å². The molecule has 1 atom stereocenters. The summed E-state index contributed by atoms with van der Waals surface area (Å²) in [5, 5.41) is 15.8. The maximum Gasteiger partial charge on any atom is 0.221 e. The number of hydrogen-bond acceptors (Lipinski definition) is 3. The van der Waals surface area contributed by atoms with E-state index in [4.69, 9.17) is 0 Å². The van der Waals surface area contributed by atoms with E-state index in [0.29, 0.717) is 6.54 Å². The van der Waals surface area contributed by atoms with Crippen LogP contribution in [0.2, 0.25) is 0 Å². The zero-order valence-electron chi connectivity index (χ0n) is 12.3. The SMILES string of the molecule is CC(=O)Nc1ccccc1CNC[C@H](O)c1ccccc1F. The molecule has 22 heavy (non-hydrogen) atoms. The second kappa shape index (κ2) is 7.68. The van der Waals surface area contributed by atoms with Crippen LogP contribution < -0.4 is 10.6 Å². The molecule has 0 aromatic heterocycles. The van der Waals surface area contributed by atoms with Crippen LogP contribution >= 0.6 is 0 Å². The number of para-hydroxylation sites is 1. The van der Waals surface area contributed by atoms with E-state index < -0.39 is 11.9 Å². The number of carbonyl (C=O) groups is 1. The Bertz CT molecular complexity index is 646. The molecule has 0 aliphatic carbocycles. The van der Waals surface area contributed by atoms with Crippen LogP contribution in [0.3, 0.4) is 0 Å². The summed E-state index contributed by atoms with van der Waals surface area (Å²) in [6.45, 7) is 2.13.